The molecule has 84 valence electrons. The Labute approximate surface area is 98.0 Å². The Kier molecular flexibility index (Phi) is 4.07. The fraction of sp³-hybridized carbons (Fsp3) is 0.200. The summed E-state index contributed by atoms with van der Waals surface area (Å²) in [5.41, 5.74) is 5.61. The van der Waals surface area contributed by atoms with E-state index in [1.807, 2.05) is 0 Å². The second kappa shape index (κ2) is 5.32. The van der Waals surface area contributed by atoms with Gasteiger partial charge in [0.25, 0.3) is 0 Å². The Balaban J connectivity index is 2.66. The van der Waals surface area contributed by atoms with Crippen molar-refractivity contribution in [3.63, 3.8) is 0 Å². The van der Waals surface area contributed by atoms with Crippen LogP contribution in [0.15, 0.2) is 24.5 Å². The molecule has 0 radical (unpaired) electrons. The third kappa shape index (κ3) is 3.09. The number of pyridine rings is 1. The topological polar surface area (TPSA) is 85.1 Å². The van der Waals surface area contributed by atoms with E-state index in [4.69, 9.17) is 18.0 Å². The van der Waals surface area contributed by atoms with Gasteiger partial charge < -0.3 is 11.1 Å². The molecule has 1 rings (SSSR count). The van der Waals surface area contributed by atoms with E-state index in [0.29, 0.717) is 5.56 Å². The number of carbonyl (C=O) groups excluding carboxylic acids is 2. The van der Waals surface area contributed by atoms with Gasteiger partial charge in [-0.25, -0.2) is 0 Å². The standard InChI is InChI=1S/C10H11N3O2S/c1-6(8(11)14)9(15)13-10(16)7-3-2-4-12-5-7/h2-6H,1H3,(H2,11,14)(H,13,15,16). The normalized spacial score (nSPS) is 11.6. The molecule has 1 atom stereocenters. The van der Waals surface area contributed by atoms with Gasteiger partial charge in [-0.3, -0.25) is 14.6 Å². The van der Waals surface area contributed by atoms with E-state index in [-0.39, 0.29) is 4.99 Å². The van der Waals surface area contributed by atoms with Gasteiger partial charge in [0.2, 0.25) is 11.8 Å². The third-order valence-corrected chi connectivity index (χ3v) is 2.32. The molecule has 0 aliphatic heterocycles. The van der Waals surface area contributed by atoms with Gasteiger partial charge in [0.15, 0.2) is 0 Å². The summed E-state index contributed by atoms with van der Waals surface area (Å²) in [5.74, 6) is -2.11. The van der Waals surface area contributed by atoms with Crippen LogP contribution in [-0.4, -0.2) is 21.8 Å². The second-order valence-electron chi connectivity index (χ2n) is 3.18. The number of hydrogen-bond acceptors (Lipinski definition) is 4. The zero-order valence-corrected chi connectivity index (χ0v) is 9.45. The fourth-order valence-corrected chi connectivity index (χ4v) is 1.14. The Hall–Kier alpha value is -1.82. The zero-order valence-electron chi connectivity index (χ0n) is 8.64. The summed E-state index contributed by atoms with van der Waals surface area (Å²) in [6, 6.07) is 3.41. The van der Waals surface area contributed by atoms with Gasteiger partial charge in [0, 0.05) is 18.0 Å². The maximum Gasteiger partial charge on any atom is 0.237 e. The number of amides is 2. The van der Waals surface area contributed by atoms with Gasteiger partial charge >= 0.3 is 0 Å². The van der Waals surface area contributed by atoms with Crippen molar-refractivity contribution in [3.05, 3.63) is 30.1 Å². The van der Waals surface area contributed by atoms with Crippen molar-refractivity contribution in [2.45, 2.75) is 6.92 Å². The molecule has 0 aromatic carbocycles. The van der Waals surface area contributed by atoms with E-state index in [0.717, 1.165) is 0 Å². The highest BCUT2D eigenvalue weighted by Gasteiger charge is 2.19. The molecule has 0 aliphatic carbocycles. The van der Waals surface area contributed by atoms with Gasteiger partial charge in [-0.05, 0) is 19.1 Å². The minimum atomic E-state index is -0.908. The van der Waals surface area contributed by atoms with E-state index in [2.05, 4.69) is 10.3 Å². The highest BCUT2D eigenvalue weighted by molar-refractivity contribution is 7.80. The van der Waals surface area contributed by atoms with Crippen LogP contribution >= 0.6 is 12.2 Å². The maximum atomic E-state index is 11.4. The monoisotopic (exact) mass is 237 g/mol. The first-order chi connectivity index (χ1) is 7.52. The summed E-state index contributed by atoms with van der Waals surface area (Å²) in [7, 11) is 0. The van der Waals surface area contributed by atoms with Crippen LogP contribution in [0.2, 0.25) is 0 Å². The summed E-state index contributed by atoms with van der Waals surface area (Å²) < 4.78 is 0. The minimum Gasteiger partial charge on any atom is -0.369 e. The maximum absolute atomic E-state index is 11.4. The Morgan fingerprint density at radius 3 is 2.75 bits per heavy atom. The molecule has 1 heterocycles. The van der Waals surface area contributed by atoms with Gasteiger partial charge in [-0.1, -0.05) is 12.2 Å². The molecular formula is C10H11N3O2S. The van der Waals surface area contributed by atoms with Gasteiger partial charge in [0.05, 0.1) is 0 Å². The summed E-state index contributed by atoms with van der Waals surface area (Å²) in [4.78, 5) is 26.3. The summed E-state index contributed by atoms with van der Waals surface area (Å²) in [6.07, 6.45) is 3.12. The molecule has 1 aromatic rings. The van der Waals surface area contributed by atoms with Crippen LogP contribution in [0.1, 0.15) is 12.5 Å². The molecule has 1 aromatic heterocycles. The lowest BCUT2D eigenvalue weighted by atomic mass is 10.1. The van der Waals surface area contributed by atoms with Crippen LogP contribution < -0.4 is 11.1 Å². The number of nitrogens with zero attached hydrogens (tertiary/aromatic N) is 1. The molecule has 0 saturated heterocycles. The van der Waals surface area contributed by atoms with Crippen LogP contribution in [0.25, 0.3) is 0 Å². The first-order valence-corrected chi connectivity index (χ1v) is 4.97. The van der Waals surface area contributed by atoms with E-state index < -0.39 is 17.7 Å². The van der Waals surface area contributed by atoms with E-state index in [1.54, 1.807) is 18.3 Å². The average molecular weight is 237 g/mol. The number of thiocarbonyl (C=S) groups is 1. The molecule has 3 N–H and O–H groups in total. The molecule has 0 spiro atoms. The quantitative estimate of drug-likeness (QED) is 0.572. The summed E-state index contributed by atoms with van der Waals surface area (Å²) in [5, 5.41) is 2.43. The molecule has 0 fully saturated rings. The number of aromatic nitrogens is 1. The van der Waals surface area contributed by atoms with Crippen molar-refractivity contribution in [1.82, 2.24) is 10.3 Å². The molecular weight excluding hydrogens is 226 g/mol. The molecule has 2 amide bonds. The number of primary amides is 1. The largest absolute Gasteiger partial charge is 0.369 e. The van der Waals surface area contributed by atoms with E-state index >= 15 is 0 Å². The highest BCUT2D eigenvalue weighted by Crippen LogP contribution is 1.99. The first kappa shape index (κ1) is 12.3. The Bertz CT molecular complexity index is 419. The van der Waals surface area contributed by atoms with Gasteiger partial charge in [-0.15, -0.1) is 0 Å². The minimum absolute atomic E-state index is 0.228. The summed E-state index contributed by atoms with van der Waals surface area (Å²) >= 11 is 4.98. The second-order valence-corrected chi connectivity index (χ2v) is 3.59. The van der Waals surface area contributed by atoms with Crippen molar-refractivity contribution < 1.29 is 9.59 Å². The van der Waals surface area contributed by atoms with Crippen LogP contribution in [0, 0.1) is 5.92 Å². The first-order valence-electron chi connectivity index (χ1n) is 4.57. The number of rotatable bonds is 3. The predicted molar refractivity (Wildman–Crippen MR) is 62.4 cm³/mol. The van der Waals surface area contributed by atoms with Crippen LogP contribution in [-0.2, 0) is 9.59 Å². The lowest BCUT2D eigenvalue weighted by Gasteiger charge is -2.09. The van der Waals surface area contributed by atoms with Crippen molar-refractivity contribution >= 4 is 29.0 Å². The molecule has 0 aliphatic rings. The molecule has 1 unspecified atom stereocenters. The molecule has 16 heavy (non-hydrogen) atoms. The third-order valence-electron chi connectivity index (χ3n) is 1.98. The average Bonchev–Trinajstić information content (AvgIpc) is 2.28. The lowest BCUT2D eigenvalue weighted by molar-refractivity contribution is -0.131. The molecule has 6 heteroatoms. The number of hydrogen-bond donors (Lipinski definition) is 2. The van der Waals surface area contributed by atoms with Gasteiger partial charge in [0.1, 0.15) is 10.9 Å². The van der Waals surface area contributed by atoms with E-state index in [9.17, 15) is 9.59 Å². The Morgan fingerprint density at radius 1 is 1.56 bits per heavy atom. The van der Waals surface area contributed by atoms with Crippen LogP contribution in [0.5, 0.6) is 0 Å². The van der Waals surface area contributed by atoms with Crippen molar-refractivity contribution in [2.75, 3.05) is 0 Å². The lowest BCUT2D eigenvalue weighted by Crippen LogP contribution is -2.39. The smallest absolute Gasteiger partial charge is 0.237 e. The zero-order chi connectivity index (χ0) is 12.1. The predicted octanol–water partition coefficient (Wildman–Crippen LogP) is -0.00530. The van der Waals surface area contributed by atoms with E-state index in [1.165, 1.54) is 13.1 Å². The van der Waals surface area contributed by atoms with Crippen molar-refractivity contribution in [3.8, 4) is 0 Å². The number of carbonyl (C=O) groups is 2. The number of nitrogens with one attached hydrogen (secondary N) is 1. The van der Waals surface area contributed by atoms with Crippen molar-refractivity contribution in [1.29, 1.82) is 0 Å². The van der Waals surface area contributed by atoms with Crippen molar-refractivity contribution in [2.24, 2.45) is 11.7 Å². The summed E-state index contributed by atoms with van der Waals surface area (Å²) in [6.45, 7) is 1.42. The fourth-order valence-electron chi connectivity index (χ4n) is 0.919. The Morgan fingerprint density at radius 2 is 2.25 bits per heavy atom. The SMILES string of the molecule is CC(C(N)=O)C(=O)NC(=S)c1cccnc1. The molecule has 0 bridgehead atoms. The molecule has 5 nitrogen and oxygen atoms in total. The van der Waals surface area contributed by atoms with Crippen LogP contribution in [0.4, 0.5) is 0 Å². The van der Waals surface area contributed by atoms with Gasteiger partial charge in [-0.2, -0.15) is 0 Å². The molecule has 0 saturated carbocycles. The number of nitrogens with two attached hydrogens (primary N) is 1. The van der Waals surface area contributed by atoms with Crippen LogP contribution in [0.3, 0.4) is 0 Å². The highest BCUT2D eigenvalue weighted by atomic mass is 32.1.